The van der Waals surface area contributed by atoms with Crippen molar-refractivity contribution in [1.82, 2.24) is 15.1 Å². The van der Waals surface area contributed by atoms with Crippen molar-refractivity contribution in [3.05, 3.63) is 60.2 Å². The third kappa shape index (κ3) is 4.71. The summed E-state index contributed by atoms with van der Waals surface area (Å²) in [6, 6.07) is 11.0. The quantitative estimate of drug-likeness (QED) is 0.685. The Kier molecular flexibility index (Phi) is 5.48. The van der Waals surface area contributed by atoms with Gasteiger partial charge in [0.2, 0.25) is 17.6 Å². The van der Waals surface area contributed by atoms with Gasteiger partial charge in [0.15, 0.2) is 0 Å². The number of anilines is 1. The molecule has 3 rings (SSSR count). The van der Waals surface area contributed by atoms with Gasteiger partial charge in [-0.25, -0.2) is 0 Å². The second kappa shape index (κ2) is 8.16. The molecule has 0 atom stereocenters. The lowest BCUT2D eigenvalue weighted by Gasteiger charge is -2.05. The molecule has 0 fully saturated rings. The number of carbonyl (C=O) groups is 1. The number of aliphatic hydroxyl groups excluding tert-OH is 1. The number of aliphatic hydroxyl groups is 1. The second-order valence-corrected chi connectivity index (χ2v) is 5.47. The Morgan fingerprint density at radius 2 is 2.00 bits per heavy atom. The first-order chi connectivity index (χ1) is 12.2. The van der Waals surface area contributed by atoms with Crippen LogP contribution in [0.4, 0.5) is 5.69 Å². The molecule has 0 saturated carbocycles. The number of hydrogen-bond acceptors (Lipinski definition) is 6. The highest BCUT2D eigenvalue weighted by atomic mass is 16.5. The molecule has 0 saturated heterocycles. The van der Waals surface area contributed by atoms with E-state index in [0.29, 0.717) is 30.2 Å². The van der Waals surface area contributed by atoms with Crippen molar-refractivity contribution in [3.8, 4) is 11.4 Å². The molecule has 128 valence electrons. The van der Waals surface area contributed by atoms with E-state index in [1.807, 2.05) is 30.3 Å². The molecule has 7 nitrogen and oxygen atoms in total. The molecule has 0 radical (unpaired) electrons. The summed E-state index contributed by atoms with van der Waals surface area (Å²) in [7, 11) is 0. The first-order valence-electron chi connectivity index (χ1n) is 7.97. The molecule has 0 spiro atoms. The molecule has 2 aromatic heterocycles. The molecule has 1 aromatic carbocycles. The van der Waals surface area contributed by atoms with Gasteiger partial charge in [0, 0.05) is 43.1 Å². The number of nitrogens with one attached hydrogen (secondary N) is 1. The molecule has 0 aliphatic heterocycles. The van der Waals surface area contributed by atoms with Gasteiger partial charge >= 0.3 is 0 Å². The van der Waals surface area contributed by atoms with Crippen molar-refractivity contribution in [1.29, 1.82) is 0 Å². The van der Waals surface area contributed by atoms with Crippen molar-refractivity contribution < 1.29 is 14.4 Å². The van der Waals surface area contributed by atoms with Gasteiger partial charge in [-0.1, -0.05) is 17.3 Å². The lowest BCUT2D eigenvalue weighted by atomic mass is 10.1. The van der Waals surface area contributed by atoms with Crippen LogP contribution in [0.3, 0.4) is 0 Å². The zero-order valence-corrected chi connectivity index (χ0v) is 13.6. The van der Waals surface area contributed by atoms with E-state index in [1.165, 1.54) is 0 Å². The number of rotatable bonds is 7. The van der Waals surface area contributed by atoms with Gasteiger partial charge in [-0.05, 0) is 36.2 Å². The van der Waals surface area contributed by atoms with Crippen molar-refractivity contribution in [3.63, 3.8) is 0 Å². The molecule has 0 aliphatic rings. The van der Waals surface area contributed by atoms with E-state index in [0.717, 1.165) is 11.1 Å². The molecule has 0 aliphatic carbocycles. The smallest absolute Gasteiger partial charge is 0.227 e. The maximum absolute atomic E-state index is 12.0. The highest BCUT2D eigenvalue weighted by Gasteiger charge is 2.11. The van der Waals surface area contributed by atoms with Crippen LogP contribution < -0.4 is 5.32 Å². The first kappa shape index (κ1) is 16.8. The van der Waals surface area contributed by atoms with E-state index in [2.05, 4.69) is 20.4 Å². The summed E-state index contributed by atoms with van der Waals surface area (Å²) in [6.07, 6.45) is 4.53. The molecular formula is C18H18N4O3. The molecule has 0 bridgehead atoms. The Labute approximate surface area is 144 Å². The van der Waals surface area contributed by atoms with Crippen LogP contribution in [0.25, 0.3) is 11.4 Å². The summed E-state index contributed by atoms with van der Waals surface area (Å²) in [5, 5.41) is 15.6. The highest BCUT2D eigenvalue weighted by molar-refractivity contribution is 5.90. The number of carbonyl (C=O) groups excluding carboxylic acids is 1. The van der Waals surface area contributed by atoms with E-state index in [4.69, 9.17) is 9.63 Å². The summed E-state index contributed by atoms with van der Waals surface area (Å²) in [4.78, 5) is 20.3. The fourth-order valence-corrected chi connectivity index (χ4v) is 2.30. The molecular weight excluding hydrogens is 320 g/mol. The molecule has 7 heteroatoms. The highest BCUT2D eigenvalue weighted by Crippen LogP contribution is 2.15. The van der Waals surface area contributed by atoms with Crippen LogP contribution in [0.2, 0.25) is 0 Å². The Morgan fingerprint density at radius 1 is 1.16 bits per heavy atom. The van der Waals surface area contributed by atoms with Gasteiger partial charge in [0.05, 0.1) is 0 Å². The summed E-state index contributed by atoms with van der Waals surface area (Å²) in [5.41, 5.74) is 2.51. The van der Waals surface area contributed by atoms with Crippen LogP contribution in [0, 0.1) is 0 Å². The molecule has 3 aromatic rings. The van der Waals surface area contributed by atoms with Crippen LogP contribution in [0.5, 0.6) is 0 Å². The number of nitrogens with zero attached hydrogens (tertiary/aromatic N) is 3. The van der Waals surface area contributed by atoms with E-state index < -0.39 is 0 Å². The molecule has 2 heterocycles. The Bertz CT molecular complexity index is 816. The van der Waals surface area contributed by atoms with Crippen LogP contribution in [-0.4, -0.2) is 32.7 Å². The monoisotopic (exact) mass is 338 g/mol. The van der Waals surface area contributed by atoms with Gasteiger partial charge < -0.3 is 14.9 Å². The van der Waals surface area contributed by atoms with Crippen molar-refractivity contribution in [2.24, 2.45) is 0 Å². The second-order valence-electron chi connectivity index (χ2n) is 5.47. The van der Waals surface area contributed by atoms with Gasteiger partial charge in [-0.15, -0.1) is 0 Å². The average molecular weight is 338 g/mol. The molecule has 1 amide bonds. The predicted molar refractivity (Wildman–Crippen MR) is 91.7 cm³/mol. The van der Waals surface area contributed by atoms with Crippen LogP contribution in [-0.2, 0) is 17.6 Å². The third-order valence-corrected chi connectivity index (χ3v) is 3.59. The van der Waals surface area contributed by atoms with Crippen molar-refractivity contribution >= 4 is 11.6 Å². The minimum absolute atomic E-state index is 0.108. The number of aryl methyl sites for hydroxylation is 1. The summed E-state index contributed by atoms with van der Waals surface area (Å²) in [6.45, 7) is 0.108. The van der Waals surface area contributed by atoms with Crippen LogP contribution >= 0.6 is 0 Å². The maximum Gasteiger partial charge on any atom is 0.227 e. The Morgan fingerprint density at radius 3 is 2.72 bits per heavy atom. The van der Waals surface area contributed by atoms with E-state index in [1.54, 1.807) is 18.5 Å². The van der Waals surface area contributed by atoms with Crippen LogP contribution in [0.1, 0.15) is 17.9 Å². The fourth-order valence-electron chi connectivity index (χ4n) is 2.30. The molecule has 0 unspecified atom stereocenters. The molecule has 25 heavy (non-hydrogen) atoms. The first-order valence-corrected chi connectivity index (χ1v) is 7.97. The average Bonchev–Trinajstić information content (AvgIpc) is 3.12. The van der Waals surface area contributed by atoms with Gasteiger partial charge in [-0.2, -0.15) is 4.98 Å². The number of pyridine rings is 1. The lowest BCUT2D eigenvalue weighted by Crippen LogP contribution is -2.12. The number of aromatic nitrogens is 3. The SMILES string of the molecule is O=C(CCc1nc(-c2cccnc2)no1)Nc1ccc(CCO)cc1. The minimum Gasteiger partial charge on any atom is -0.396 e. The molecule has 2 N–H and O–H groups in total. The minimum atomic E-state index is -0.129. The standard InChI is InChI=1S/C18H18N4O3/c23-11-9-13-3-5-15(6-4-13)20-16(24)7-8-17-21-18(22-25-17)14-2-1-10-19-12-14/h1-6,10,12,23H,7-9,11H2,(H,20,24). The van der Waals surface area contributed by atoms with Crippen LogP contribution in [0.15, 0.2) is 53.3 Å². The Hall–Kier alpha value is -3.06. The van der Waals surface area contributed by atoms with E-state index >= 15 is 0 Å². The number of hydrogen-bond donors (Lipinski definition) is 2. The predicted octanol–water partition coefficient (Wildman–Crippen LogP) is 2.24. The van der Waals surface area contributed by atoms with E-state index in [-0.39, 0.29) is 18.9 Å². The van der Waals surface area contributed by atoms with Gasteiger partial charge in [-0.3, -0.25) is 9.78 Å². The zero-order chi connectivity index (χ0) is 17.5. The van der Waals surface area contributed by atoms with Gasteiger partial charge in [0.1, 0.15) is 0 Å². The zero-order valence-electron chi connectivity index (χ0n) is 13.6. The lowest BCUT2D eigenvalue weighted by molar-refractivity contribution is -0.116. The summed E-state index contributed by atoms with van der Waals surface area (Å²) in [5.74, 6) is 0.742. The fraction of sp³-hybridized carbons (Fsp3) is 0.222. The van der Waals surface area contributed by atoms with Crippen molar-refractivity contribution in [2.45, 2.75) is 19.3 Å². The van der Waals surface area contributed by atoms with Gasteiger partial charge in [0.25, 0.3) is 0 Å². The normalized spacial score (nSPS) is 10.6. The summed E-state index contributed by atoms with van der Waals surface area (Å²) >= 11 is 0. The number of amides is 1. The van der Waals surface area contributed by atoms with E-state index in [9.17, 15) is 4.79 Å². The topological polar surface area (TPSA) is 101 Å². The third-order valence-electron chi connectivity index (χ3n) is 3.59. The van der Waals surface area contributed by atoms with Crippen molar-refractivity contribution in [2.75, 3.05) is 11.9 Å². The maximum atomic E-state index is 12.0. The number of benzene rings is 1. The Balaban J connectivity index is 1.51. The largest absolute Gasteiger partial charge is 0.396 e. The summed E-state index contributed by atoms with van der Waals surface area (Å²) < 4.78 is 5.17.